The van der Waals surface area contributed by atoms with Gasteiger partial charge in [-0.05, 0) is 42.8 Å². The number of nitrogens with zero attached hydrogens (tertiary/aromatic N) is 2. The molecule has 2 aliphatic heterocycles. The maximum Gasteiger partial charge on any atom is 0.261 e. The van der Waals surface area contributed by atoms with E-state index in [9.17, 15) is 22.8 Å². The van der Waals surface area contributed by atoms with Gasteiger partial charge in [-0.3, -0.25) is 19.3 Å². The van der Waals surface area contributed by atoms with Crippen molar-refractivity contribution in [3.05, 3.63) is 58.7 Å². The number of sulfonamides is 1. The topological polar surface area (TPSA) is 113 Å². The van der Waals surface area contributed by atoms with Crippen LogP contribution in [0.3, 0.4) is 0 Å². The minimum atomic E-state index is -3.76. The summed E-state index contributed by atoms with van der Waals surface area (Å²) in [6, 6.07) is 8.93. The molecule has 1 saturated heterocycles. The van der Waals surface area contributed by atoms with Crippen LogP contribution >= 0.6 is 0 Å². The van der Waals surface area contributed by atoms with E-state index in [1.165, 1.54) is 35.6 Å². The summed E-state index contributed by atoms with van der Waals surface area (Å²) in [5.41, 5.74) is 1.52. The quantitative estimate of drug-likeness (QED) is 0.717. The Morgan fingerprint density at radius 2 is 1.68 bits per heavy atom. The molecule has 0 bridgehead atoms. The number of carbonyl (C=O) groups excluding carboxylic acids is 3. The Morgan fingerprint density at radius 1 is 1.00 bits per heavy atom. The van der Waals surface area contributed by atoms with Gasteiger partial charge in [0.15, 0.2) is 0 Å². The molecule has 0 spiro atoms. The molecule has 9 nitrogen and oxygen atoms in total. The number of hydrogen-bond acceptors (Lipinski definition) is 6. The lowest BCUT2D eigenvalue weighted by Crippen LogP contribution is -2.40. The van der Waals surface area contributed by atoms with Gasteiger partial charge in [0.05, 0.1) is 29.2 Å². The smallest absolute Gasteiger partial charge is 0.261 e. The number of rotatable bonds is 4. The molecule has 0 aromatic heterocycles. The van der Waals surface area contributed by atoms with Crippen LogP contribution in [0.5, 0.6) is 0 Å². The first-order valence-electron chi connectivity index (χ1n) is 9.66. The van der Waals surface area contributed by atoms with Crippen LogP contribution in [0.15, 0.2) is 41.3 Å². The maximum absolute atomic E-state index is 13.0. The van der Waals surface area contributed by atoms with E-state index in [0.29, 0.717) is 24.5 Å². The van der Waals surface area contributed by atoms with E-state index < -0.39 is 27.7 Å². The lowest BCUT2D eigenvalue weighted by Gasteiger charge is -2.26. The first-order chi connectivity index (χ1) is 14.7. The standard InChI is InChI=1S/C21H21N3O6S/c1-13-3-4-14(11-18(13)31(28,29)24-7-9-30-10-8-24)19(25)22-15-5-6-16-17(12-15)21(27)23(2)20(16)26/h3-6,11-12H,7-10H2,1-2H3,(H,22,25). The number of hydrogen-bond donors (Lipinski definition) is 1. The predicted molar refractivity (Wildman–Crippen MR) is 112 cm³/mol. The van der Waals surface area contributed by atoms with Gasteiger partial charge in [0.1, 0.15) is 0 Å². The minimum absolute atomic E-state index is 0.0680. The van der Waals surface area contributed by atoms with Crippen molar-refractivity contribution in [3.63, 3.8) is 0 Å². The van der Waals surface area contributed by atoms with Gasteiger partial charge in [0, 0.05) is 31.4 Å². The summed E-state index contributed by atoms with van der Waals surface area (Å²) in [4.78, 5) is 38.0. The lowest BCUT2D eigenvalue weighted by atomic mass is 10.1. The van der Waals surface area contributed by atoms with Crippen molar-refractivity contribution >= 4 is 33.4 Å². The molecule has 2 aromatic carbocycles. The Kier molecular flexibility index (Phi) is 5.38. The van der Waals surface area contributed by atoms with Crippen LogP contribution in [0.1, 0.15) is 36.6 Å². The summed E-state index contributed by atoms with van der Waals surface area (Å²) in [7, 11) is -2.37. The first-order valence-corrected chi connectivity index (χ1v) is 11.1. The molecule has 2 aromatic rings. The minimum Gasteiger partial charge on any atom is -0.379 e. The largest absolute Gasteiger partial charge is 0.379 e. The third-order valence-corrected chi connectivity index (χ3v) is 7.43. The zero-order valence-corrected chi connectivity index (χ0v) is 17.9. The Morgan fingerprint density at radius 3 is 2.39 bits per heavy atom. The molecule has 162 valence electrons. The molecule has 3 amide bonds. The molecule has 1 N–H and O–H groups in total. The summed E-state index contributed by atoms with van der Waals surface area (Å²) in [5.74, 6) is -1.36. The van der Waals surface area contributed by atoms with Crippen molar-refractivity contribution in [1.29, 1.82) is 0 Å². The zero-order valence-electron chi connectivity index (χ0n) is 17.0. The summed E-state index contributed by atoms with van der Waals surface area (Å²) < 4.78 is 32.6. The van der Waals surface area contributed by atoms with Crippen LogP contribution < -0.4 is 5.32 Å². The zero-order chi connectivity index (χ0) is 22.3. The molecule has 2 heterocycles. The third-order valence-electron chi connectivity index (χ3n) is 5.39. The van der Waals surface area contributed by atoms with Gasteiger partial charge in [-0.15, -0.1) is 0 Å². The van der Waals surface area contributed by atoms with Crippen molar-refractivity contribution in [2.24, 2.45) is 0 Å². The fraction of sp³-hybridized carbons (Fsp3) is 0.286. The summed E-state index contributed by atoms with van der Waals surface area (Å²) in [5, 5.41) is 2.67. The molecular formula is C21H21N3O6S. The van der Waals surface area contributed by atoms with Crippen molar-refractivity contribution in [2.75, 3.05) is 38.7 Å². The number of aryl methyl sites for hydroxylation is 1. The number of ether oxygens (including phenoxy) is 1. The Labute approximate surface area is 179 Å². The molecule has 0 unspecified atom stereocenters. The number of nitrogens with one attached hydrogen (secondary N) is 1. The van der Waals surface area contributed by atoms with E-state index in [0.717, 1.165) is 4.90 Å². The molecule has 1 fully saturated rings. The predicted octanol–water partition coefficient (Wildman–Crippen LogP) is 1.49. The number of morpholine rings is 1. The van der Waals surface area contributed by atoms with E-state index in [-0.39, 0.29) is 34.7 Å². The van der Waals surface area contributed by atoms with Crippen molar-refractivity contribution in [2.45, 2.75) is 11.8 Å². The summed E-state index contributed by atoms with van der Waals surface area (Å²) in [6.07, 6.45) is 0. The van der Waals surface area contributed by atoms with Gasteiger partial charge in [-0.25, -0.2) is 8.42 Å². The van der Waals surface area contributed by atoms with Gasteiger partial charge < -0.3 is 10.1 Å². The summed E-state index contributed by atoms with van der Waals surface area (Å²) >= 11 is 0. The molecule has 0 radical (unpaired) electrons. The molecule has 10 heteroatoms. The van der Waals surface area contributed by atoms with Crippen molar-refractivity contribution < 1.29 is 27.5 Å². The number of carbonyl (C=O) groups is 3. The monoisotopic (exact) mass is 443 g/mol. The molecule has 31 heavy (non-hydrogen) atoms. The van der Waals surface area contributed by atoms with Crippen molar-refractivity contribution in [1.82, 2.24) is 9.21 Å². The highest BCUT2D eigenvalue weighted by Crippen LogP contribution is 2.26. The van der Waals surface area contributed by atoms with Gasteiger partial charge >= 0.3 is 0 Å². The van der Waals surface area contributed by atoms with Crippen LogP contribution in [0.2, 0.25) is 0 Å². The number of anilines is 1. The Bertz CT molecular complexity index is 1200. The fourth-order valence-electron chi connectivity index (χ4n) is 3.59. The second-order valence-corrected chi connectivity index (χ2v) is 9.29. The van der Waals surface area contributed by atoms with E-state index in [4.69, 9.17) is 4.74 Å². The second-order valence-electron chi connectivity index (χ2n) is 7.38. The van der Waals surface area contributed by atoms with E-state index in [1.807, 2.05) is 0 Å². The molecule has 0 atom stereocenters. The molecule has 0 saturated carbocycles. The second kappa shape index (κ2) is 7.88. The van der Waals surface area contributed by atoms with Crippen LogP contribution in [0, 0.1) is 6.92 Å². The van der Waals surface area contributed by atoms with Crippen LogP contribution in [0.4, 0.5) is 5.69 Å². The molecule has 4 rings (SSSR count). The Hall–Kier alpha value is -3.08. The number of amides is 3. The number of fused-ring (bicyclic) bond motifs is 1. The van der Waals surface area contributed by atoms with Crippen LogP contribution in [-0.2, 0) is 14.8 Å². The number of benzene rings is 2. The normalized spacial score (nSPS) is 17.0. The average Bonchev–Trinajstić information content (AvgIpc) is 2.98. The van der Waals surface area contributed by atoms with E-state index in [2.05, 4.69) is 5.32 Å². The van der Waals surface area contributed by atoms with Gasteiger partial charge in [0.2, 0.25) is 10.0 Å². The fourth-order valence-corrected chi connectivity index (χ4v) is 5.25. The molecular weight excluding hydrogens is 422 g/mol. The highest BCUT2D eigenvalue weighted by Gasteiger charge is 2.33. The van der Waals surface area contributed by atoms with E-state index in [1.54, 1.807) is 19.1 Å². The summed E-state index contributed by atoms with van der Waals surface area (Å²) in [6.45, 7) is 2.85. The highest BCUT2D eigenvalue weighted by atomic mass is 32.2. The van der Waals surface area contributed by atoms with E-state index >= 15 is 0 Å². The van der Waals surface area contributed by atoms with Crippen LogP contribution in [-0.4, -0.2) is 68.7 Å². The molecule has 2 aliphatic rings. The van der Waals surface area contributed by atoms with Gasteiger partial charge in [-0.1, -0.05) is 6.07 Å². The SMILES string of the molecule is Cc1ccc(C(=O)Nc2ccc3c(c2)C(=O)N(C)C3=O)cc1S(=O)(=O)N1CCOCC1. The maximum atomic E-state index is 13.0. The number of imide groups is 1. The first kappa shape index (κ1) is 21.2. The van der Waals surface area contributed by atoms with Gasteiger partial charge in [0.25, 0.3) is 17.7 Å². The van der Waals surface area contributed by atoms with Crippen molar-refractivity contribution in [3.8, 4) is 0 Å². The van der Waals surface area contributed by atoms with Gasteiger partial charge in [-0.2, -0.15) is 4.31 Å². The third kappa shape index (κ3) is 3.73. The molecule has 0 aliphatic carbocycles. The van der Waals surface area contributed by atoms with Crippen LogP contribution in [0.25, 0.3) is 0 Å². The average molecular weight is 443 g/mol. The highest BCUT2D eigenvalue weighted by molar-refractivity contribution is 7.89. The lowest BCUT2D eigenvalue weighted by molar-refractivity contribution is 0.0692. The Balaban J connectivity index is 1.60.